The van der Waals surface area contributed by atoms with Crippen LogP contribution in [0, 0.1) is 17.8 Å². The monoisotopic (exact) mass is 386 g/mol. The van der Waals surface area contributed by atoms with Gasteiger partial charge in [-0.2, -0.15) is 0 Å². The van der Waals surface area contributed by atoms with Crippen molar-refractivity contribution in [3.05, 3.63) is 36.9 Å². The number of piperidine rings is 1. The Morgan fingerprint density at radius 2 is 2.07 bits per heavy atom. The van der Waals surface area contributed by atoms with Gasteiger partial charge in [-0.25, -0.2) is 9.97 Å². The number of fused-ring (bicyclic) bond motifs is 1. The highest BCUT2D eigenvalue weighted by atomic mass is 16.5. The van der Waals surface area contributed by atoms with E-state index in [1.54, 1.807) is 18.5 Å². The van der Waals surface area contributed by atoms with E-state index in [0.717, 1.165) is 24.9 Å². The molecule has 0 aromatic carbocycles. The summed E-state index contributed by atoms with van der Waals surface area (Å²) in [5.74, 6) is 0.915. The van der Waals surface area contributed by atoms with E-state index >= 15 is 0 Å². The predicted octanol–water partition coefficient (Wildman–Crippen LogP) is 1.55. The topological polar surface area (TPSA) is 75.6 Å². The number of hydrogen-bond donors (Lipinski definition) is 0. The van der Waals surface area contributed by atoms with Gasteiger partial charge in [-0.05, 0) is 30.7 Å². The van der Waals surface area contributed by atoms with Crippen molar-refractivity contribution in [3.63, 3.8) is 0 Å². The van der Waals surface area contributed by atoms with Crippen LogP contribution in [0.1, 0.15) is 24.8 Å². The van der Waals surface area contributed by atoms with Crippen LogP contribution >= 0.6 is 0 Å². The van der Waals surface area contributed by atoms with E-state index in [-0.39, 0.29) is 23.7 Å². The summed E-state index contributed by atoms with van der Waals surface area (Å²) in [5.41, 5.74) is 0.968. The number of carbonyl (C=O) groups excluding carboxylic acids is 2. The number of nitrogens with zero attached hydrogens (tertiary/aromatic N) is 4. The molecule has 0 bridgehead atoms. The van der Waals surface area contributed by atoms with Crippen LogP contribution in [0.2, 0.25) is 0 Å². The zero-order chi connectivity index (χ0) is 19.9. The van der Waals surface area contributed by atoms with Crippen molar-refractivity contribution < 1.29 is 14.3 Å². The fourth-order valence-corrected chi connectivity index (χ4v) is 4.45. The molecule has 0 aliphatic carbocycles. The second-order valence-corrected chi connectivity index (χ2v) is 7.78. The third-order valence-corrected chi connectivity index (χ3v) is 5.93. The summed E-state index contributed by atoms with van der Waals surface area (Å²) in [4.78, 5) is 37.2. The van der Waals surface area contributed by atoms with Crippen molar-refractivity contribution >= 4 is 11.8 Å². The SMILES string of the molecule is C=CCOC[C@@H]1CN(C)C(=O)[C@H]2CCN(C(=O)CCc3cncnc3)CC[C@@H]12. The predicted molar refractivity (Wildman–Crippen MR) is 105 cm³/mol. The lowest BCUT2D eigenvalue weighted by molar-refractivity contribution is -0.144. The molecule has 7 heteroatoms. The van der Waals surface area contributed by atoms with Gasteiger partial charge in [-0.3, -0.25) is 9.59 Å². The Kier molecular flexibility index (Phi) is 7.14. The van der Waals surface area contributed by atoms with Gasteiger partial charge in [-0.1, -0.05) is 6.08 Å². The first kappa shape index (κ1) is 20.5. The summed E-state index contributed by atoms with van der Waals surface area (Å²) in [6, 6.07) is 0. The van der Waals surface area contributed by atoms with Gasteiger partial charge >= 0.3 is 0 Å². The molecule has 1 aromatic heterocycles. The molecule has 0 radical (unpaired) electrons. The second kappa shape index (κ2) is 9.78. The molecule has 0 saturated carbocycles. The number of aryl methyl sites for hydroxylation is 1. The summed E-state index contributed by atoms with van der Waals surface area (Å²) in [7, 11) is 1.87. The Morgan fingerprint density at radius 1 is 1.32 bits per heavy atom. The standard InChI is InChI=1S/C21H30N4O3/c1-3-10-28-14-17-13-24(2)21(27)19-7-9-25(8-6-18(17)19)20(26)5-4-16-11-22-15-23-12-16/h3,11-12,15,17-19H,1,4-10,13-14H2,2H3/t17-,18-,19-/m0/s1. The molecule has 2 aliphatic heterocycles. The first-order valence-corrected chi connectivity index (χ1v) is 10.1. The summed E-state index contributed by atoms with van der Waals surface area (Å²) >= 11 is 0. The fraction of sp³-hybridized carbons (Fsp3) is 0.619. The van der Waals surface area contributed by atoms with Crippen LogP contribution in [0.25, 0.3) is 0 Å². The van der Waals surface area contributed by atoms with E-state index in [1.165, 1.54) is 6.33 Å². The third-order valence-electron chi connectivity index (χ3n) is 5.93. The Labute approximate surface area is 166 Å². The molecule has 2 aliphatic rings. The van der Waals surface area contributed by atoms with Crippen LogP contribution in [0.5, 0.6) is 0 Å². The zero-order valence-corrected chi connectivity index (χ0v) is 16.6. The molecule has 0 N–H and O–H groups in total. The van der Waals surface area contributed by atoms with E-state index in [9.17, 15) is 9.59 Å². The Balaban J connectivity index is 1.60. The van der Waals surface area contributed by atoms with Crippen LogP contribution < -0.4 is 0 Å². The first-order chi connectivity index (χ1) is 13.6. The van der Waals surface area contributed by atoms with Crippen LogP contribution in [0.4, 0.5) is 0 Å². The fourth-order valence-electron chi connectivity index (χ4n) is 4.45. The molecule has 3 rings (SSSR count). The van der Waals surface area contributed by atoms with E-state index in [0.29, 0.717) is 45.1 Å². The molecular weight excluding hydrogens is 356 g/mol. The molecule has 1 aromatic rings. The van der Waals surface area contributed by atoms with Gasteiger partial charge in [0.15, 0.2) is 0 Å². The minimum absolute atomic E-state index is 0.0172. The lowest BCUT2D eigenvalue weighted by Crippen LogP contribution is -2.50. The summed E-state index contributed by atoms with van der Waals surface area (Å²) in [5, 5.41) is 0. The van der Waals surface area contributed by atoms with Gasteiger partial charge in [0.25, 0.3) is 0 Å². The van der Waals surface area contributed by atoms with Gasteiger partial charge in [0.1, 0.15) is 6.33 Å². The lowest BCUT2D eigenvalue weighted by Gasteiger charge is -2.41. The number of amides is 2. The normalized spacial score (nSPS) is 25.2. The van der Waals surface area contributed by atoms with Crippen molar-refractivity contribution in [2.45, 2.75) is 25.7 Å². The smallest absolute Gasteiger partial charge is 0.225 e. The van der Waals surface area contributed by atoms with E-state index in [2.05, 4.69) is 16.5 Å². The highest BCUT2D eigenvalue weighted by molar-refractivity contribution is 5.80. The number of ether oxygens (including phenoxy) is 1. The minimum Gasteiger partial charge on any atom is -0.377 e. The average molecular weight is 386 g/mol. The molecule has 152 valence electrons. The Bertz CT molecular complexity index is 681. The van der Waals surface area contributed by atoms with Crippen molar-refractivity contribution in [1.82, 2.24) is 19.8 Å². The molecule has 2 saturated heterocycles. The number of likely N-dealkylation sites (tertiary alicyclic amines) is 2. The number of carbonyl (C=O) groups is 2. The summed E-state index contributed by atoms with van der Waals surface area (Å²) in [6.45, 7) is 6.93. The third kappa shape index (κ3) is 4.95. The Hall–Kier alpha value is -2.28. The van der Waals surface area contributed by atoms with E-state index in [1.807, 2.05) is 16.8 Å². The molecule has 3 atom stereocenters. The quantitative estimate of drug-likeness (QED) is 0.525. The highest BCUT2D eigenvalue weighted by Crippen LogP contribution is 2.36. The van der Waals surface area contributed by atoms with Crippen LogP contribution in [0.15, 0.2) is 31.4 Å². The molecule has 0 unspecified atom stereocenters. The first-order valence-electron chi connectivity index (χ1n) is 10.1. The zero-order valence-electron chi connectivity index (χ0n) is 16.6. The lowest BCUT2D eigenvalue weighted by atomic mass is 9.75. The summed E-state index contributed by atoms with van der Waals surface area (Å²) < 4.78 is 5.71. The van der Waals surface area contributed by atoms with Gasteiger partial charge in [0.05, 0.1) is 13.2 Å². The van der Waals surface area contributed by atoms with E-state index < -0.39 is 0 Å². The number of hydrogen-bond acceptors (Lipinski definition) is 5. The molecule has 3 heterocycles. The Morgan fingerprint density at radius 3 is 2.82 bits per heavy atom. The molecule has 28 heavy (non-hydrogen) atoms. The molecule has 0 spiro atoms. The van der Waals surface area contributed by atoms with Crippen molar-refractivity contribution in [1.29, 1.82) is 0 Å². The molecule has 2 fully saturated rings. The van der Waals surface area contributed by atoms with Gasteiger partial charge in [0, 0.05) is 57.3 Å². The minimum atomic E-state index is -0.0172. The van der Waals surface area contributed by atoms with Crippen LogP contribution in [-0.4, -0.2) is 71.5 Å². The van der Waals surface area contributed by atoms with Gasteiger partial charge < -0.3 is 14.5 Å². The van der Waals surface area contributed by atoms with Crippen LogP contribution in [0.3, 0.4) is 0 Å². The van der Waals surface area contributed by atoms with Gasteiger partial charge in [0.2, 0.25) is 11.8 Å². The average Bonchev–Trinajstić information content (AvgIpc) is 2.94. The van der Waals surface area contributed by atoms with Crippen molar-refractivity contribution in [3.8, 4) is 0 Å². The van der Waals surface area contributed by atoms with Gasteiger partial charge in [-0.15, -0.1) is 6.58 Å². The second-order valence-electron chi connectivity index (χ2n) is 7.78. The maximum atomic E-state index is 12.7. The maximum absolute atomic E-state index is 12.7. The molecular formula is C21H30N4O3. The largest absolute Gasteiger partial charge is 0.377 e. The van der Waals surface area contributed by atoms with Crippen LogP contribution in [-0.2, 0) is 20.7 Å². The number of aromatic nitrogens is 2. The maximum Gasteiger partial charge on any atom is 0.225 e. The van der Waals surface area contributed by atoms with E-state index in [4.69, 9.17) is 4.74 Å². The number of rotatable bonds is 7. The van der Waals surface area contributed by atoms with Crippen molar-refractivity contribution in [2.75, 3.05) is 39.9 Å². The summed E-state index contributed by atoms with van der Waals surface area (Å²) in [6.07, 6.45) is 9.41. The highest BCUT2D eigenvalue weighted by Gasteiger charge is 2.42. The molecule has 2 amide bonds. The van der Waals surface area contributed by atoms with Crippen molar-refractivity contribution in [2.24, 2.45) is 17.8 Å². The molecule has 7 nitrogen and oxygen atoms in total.